The van der Waals surface area contributed by atoms with E-state index in [4.69, 9.17) is 0 Å². The Morgan fingerprint density at radius 2 is 2.05 bits per heavy atom. The summed E-state index contributed by atoms with van der Waals surface area (Å²) in [6, 6.07) is 5.04. The minimum atomic E-state index is -0.335. The van der Waals surface area contributed by atoms with Gasteiger partial charge in [0.2, 0.25) is 5.91 Å². The number of rotatable bonds is 4. The number of anilines is 1. The van der Waals surface area contributed by atoms with Crippen molar-refractivity contribution in [2.24, 2.45) is 0 Å². The Kier molecular flexibility index (Phi) is 5.19. The van der Waals surface area contributed by atoms with Gasteiger partial charge in [-0.3, -0.25) is 4.79 Å². The van der Waals surface area contributed by atoms with Crippen molar-refractivity contribution in [3.63, 3.8) is 0 Å². The highest BCUT2D eigenvalue weighted by atomic mass is 79.9. The van der Waals surface area contributed by atoms with Crippen LogP contribution in [0, 0.1) is 5.82 Å². The molecular formula is C14H18BrFN2O. The van der Waals surface area contributed by atoms with Crippen molar-refractivity contribution in [2.45, 2.75) is 38.1 Å². The first kappa shape index (κ1) is 14.3. The van der Waals surface area contributed by atoms with Gasteiger partial charge in [0.1, 0.15) is 5.82 Å². The number of carbonyl (C=O) groups excluding carboxylic acids is 1. The van der Waals surface area contributed by atoms with Crippen LogP contribution in [0.3, 0.4) is 0 Å². The van der Waals surface area contributed by atoms with Gasteiger partial charge >= 0.3 is 0 Å². The maximum absolute atomic E-state index is 13.3. The van der Waals surface area contributed by atoms with Crippen LogP contribution in [0.25, 0.3) is 0 Å². The van der Waals surface area contributed by atoms with Crippen LogP contribution in [0.1, 0.15) is 32.1 Å². The molecule has 5 heteroatoms. The predicted molar refractivity (Wildman–Crippen MR) is 77.6 cm³/mol. The predicted octanol–water partition coefficient (Wildman–Crippen LogP) is 3.45. The van der Waals surface area contributed by atoms with E-state index in [0.717, 1.165) is 12.8 Å². The van der Waals surface area contributed by atoms with E-state index < -0.39 is 0 Å². The largest absolute Gasteiger partial charge is 0.376 e. The smallest absolute Gasteiger partial charge is 0.239 e. The lowest BCUT2D eigenvalue weighted by atomic mass is 9.95. The first-order chi connectivity index (χ1) is 9.15. The molecule has 0 radical (unpaired) electrons. The van der Waals surface area contributed by atoms with Gasteiger partial charge < -0.3 is 10.6 Å². The molecule has 2 N–H and O–H groups in total. The van der Waals surface area contributed by atoms with Gasteiger partial charge in [-0.1, -0.05) is 19.3 Å². The molecule has 1 aromatic carbocycles. The average Bonchev–Trinajstić information content (AvgIpc) is 2.41. The highest BCUT2D eigenvalue weighted by molar-refractivity contribution is 9.10. The second kappa shape index (κ2) is 6.89. The van der Waals surface area contributed by atoms with E-state index in [9.17, 15) is 9.18 Å². The highest BCUT2D eigenvalue weighted by Crippen LogP contribution is 2.19. The number of benzene rings is 1. The van der Waals surface area contributed by atoms with Gasteiger partial charge in [0.25, 0.3) is 0 Å². The van der Waals surface area contributed by atoms with E-state index in [1.165, 1.54) is 25.3 Å². The van der Waals surface area contributed by atoms with Crippen molar-refractivity contribution in [3.8, 4) is 0 Å². The second-order valence-corrected chi connectivity index (χ2v) is 5.74. The van der Waals surface area contributed by atoms with Gasteiger partial charge in [0.15, 0.2) is 0 Å². The molecule has 0 saturated heterocycles. The summed E-state index contributed by atoms with van der Waals surface area (Å²) >= 11 is 3.09. The Morgan fingerprint density at radius 3 is 2.74 bits per heavy atom. The zero-order chi connectivity index (χ0) is 13.7. The minimum absolute atomic E-state index is 0.0322. The standard InChI is InChI=1S/C14H18BrFN2O/c15-12-7-6-11(8-13(12)16)17-9-14(19)18-10-4-2-1-3-5-10/h6-8,10,17H,1-5,9H2,(H,18,19). The molecule has 2 rings (SSSR count). The van der Waals surface area contributed by atoms with Crippen LogP contribution < -0.4 is 10.6 Å². The normalized spacial score (nSPS) is 16.1. The van der Waals surface area contributed by atoms with Crippen LogP contribution in [0.15, 0.2) is 22.7 Å². The van der Waals surface area contributed by atoms with Crippen LogP contribution in [-0.2, 0) is 4.79 Å². The third-order valence-electron chi connectivity index (χ3n) is 3.34. The summed E-state index contributed by atoms with van der Waals surface area (Å²) in [7, 11) is 0. The zero-order valence-electron chi connectivity index (χ0n) is 10.7. The maximum Gasteiger partial charge on any atom is 0.239 e. The van der Waals surface area contributed by atoms with E-state index in [0.29, 0.717) is 16.2 Å². The summed E-state index contributed by atoms with van der Waals surface area (Å²) in [4.78, 5) is 11.8. The lowest BCUT2D eigenvalue weighted by Gasteiger charge is -2.22. The van der Waals surface area contributed by atoms with Gasteiger partial charge in [-0.2, -0.15) is 0 Å². The molecule has 1 aromatic rings. The van der Waals surface area contributed by atoms with Crippen molar-refractivity contribution >= 4 is 27.5 Å². The second-order valence-electron chi connectivity index (χ2n) is 4.88. The van der Waals surface area contributed by atoms with Crippen molar-refractivity contribution in [2.75, 3.05) is 11.9 Å². The first-order valence-corrected chi connectivity index (χ1v) is 7.43. The van der Waals surface area contributed by atoms with Gasteiger partial charge in [-0.25, -0.2) is 4.39 Å². The Morgan fingerprint density at radius 1 is 1.32 bits per heavy atom. The fourth-order valence-corrected chi connectivity index (χ4v) is 2.56. The lowest BCUT2D eigenvalue weighted by molar-refractivity contribution is -0.120. The Hall–Kier alpha value is -1.10. The Bertz CT molecular complexity index is 447. The molecule has 1 aliphatic rings. The van der Waals surface area contributed by atoms with E-state index in [2.05, 4.69) is 26.6 Å². The number of carbonyl (C=O) groups is 1. The Balaban J connectivity index is 1.77. The summed E-state index contributed by atoms with van der Waals surface area (Å²) in [5.41, 5.74) is 0.611. The highest BCUT2D eigenvalue weighted by Gasteiger charge is 2.15. The van der Waals surface area contributed by atoms with E-state index in [1.807, 2.05) is 0 Å². The molecule has 0 bridgehead atoms. The third kappa shape index (κ3) is 4.49. The van der Waals surface area contributed by atoms with Crippen molar-refractivity contribution in [3.05, 3.63) is 28.5 Å². The van der Waals surface area contributed by atoms with E-state index in [1.54, 1.807) is 12.1 Å². The molecule has 0 unspecified atom stereocenters. The monoisotopic (exact) mass is 328 g/mol. The fourth-order valence-electron chi connectivity index (χ4n) is 2.31. The molecule has 1 amide bonds. The van der Waals surface area contributed by atoms with Crippen LogP contribution in [0.5, 0.6) is 0 Å². The topological polar surface area (TPSA) is 41.1 Å². The molecule has 0 aromatic heterocycles. The van der Waals surface area contributed by atoms with Gasteiger partial charge in [0.05, 0.1) is 11.0 Å². The molecule has 0 atom stereocenters. The number of hydrogen-bond acceptors (Lipinski definition) is 2. The van der Waals surface area contributed by atoms with Crippen molar-refractivity contribution in [1.82, 2.24) is 5.32 Å². The fraction of sp³-hybridized carbons (Fsp3) is 0.500. The van der Waals surface area contributed by atoms with Crippen LogP contribution in [0.2, 0.25) is 0 Å². The van der Waals surface area contributed by atoms with Crippen LogP contribution in [-0.4, -0.2) is 18.5 Å². The molecule has 3 nitrogen and oxygen atoms in total. The van der Waals surface area contributed by atoms with Gasteiger partial charge in [-0.15, -0.1) is 0 Å². The maximum atomic E-state index is 13.3. The molecule has 1 aliphatic carbocycles. The number of halogens is 2. The molecule has 1 fully saturated rings. The first-order valence-electron chi connectivity index (χ1n) is 6.63. The average molecular weight is 329 g/mol. The van der Waals surface area contributed by atoms with Crippen LogP contribution in [0.4, 0.5) is 10.1 Å². The van der Waals surface area contributed by atoms with Crippen molar-refractivity contribution < 1.29 is 9.18 Å². The summed E-state index contributed by atoms with van der Waals surface area (Å²) in [5, 5.41) is 5.94. The van der Waals surface area contributed by atoms with Gasteiger partial charge in [0, 0.05) is 11.7 Å². The molecule has 1 saturated carbocycles. The summed E-state index contributed by atoms with van der Waals surface area (Å²) in [5.74, 6) is -0.368. The third-order valence-corrected chi connectivity index (χ3v) is 3.99. The van der Waals surface area contributed by atoms with E-state index >= 15 is 0 Å². The lowest BCUT2D eigenvalue weighted by Crippen LogP contribution is -2.39. The zero-order valence-corrected chi connectivity index (χ0v) is 12.3. The van der Waals surface area contributed by atoms with Gasteiger partial charge in [-0.05, 0) is 47.0 Å². The molecule has 19 heavy (non-hydrogen) atoms. The summed E-state index contributed by atoms with van der Waals surface area (Å²) in [6.45, 7) is 0.178. The van der Waals surface area contributed by atoms with Crippen LogP contribution >= 0.6 is 15.9 Å². The number of nitrogens with one attached hydrogen (secondary N) is 2. The van der Waals surface area contributed by atoms with Crippen molar-refractivity contribution in [1.29, 1.82) is 0 Å². The molecular weight excluding hydrogens is 311 g/mol. The number of hydrogen-bond donors (Lipinski definition) is 2. The summed E-state index contributed by atoms with van der Waals surface area (Å²) < 4.78 is 13.7. The Labute approximate surface area is 121 Å². The van der Waals surface area contributed by atoms with E-state index in [-0.39, 0.29) is 18.3 Å². The molecule has 0 spiro atoms. The minimum Gasteiger partial charge on any atom is -0.376 e. The molecule has 0 aliphatic heterocycles. The SMILES string of the molecule is O=C(CNc1ccc(Br)c(F)c1)NC1CCCCC1. The summed E-state index contributed by atoms with van der Waals surface area (Å²) in [6.07, 6.45) is 5.78. The molecule has 0 heterocycles. The number of amides is 1. The molecule has 104 valence electrons. The quantitative estimate of drug-likeness (QED) is 0.888.